The Labute approximate surface area is 184 Å². The van der Waals surface area contributed by atoms with Gasteiger partial charge in [-0.05, 0) is 61.9 Å². The summed E-state index contributed by atoms with van der Waals surface area (Å²) in [5.41, 5.74) is 0.898. The smallest absolute Gasteiger partial charge is 0.238 e. The van der Waals surface area contributed by atoms with Crippen LogP contribution in [0.25, 0.3) is 0 Å². The van der Waals surface area contributed by atoms with Crippen LogP contribution in [0.5, 0.6) is 0 Å². The van der Waals surface area contributed by atoms with Crippen molar-refractivity contribution in [2.24, 2.45) is 10.1 Å². The van der Waals surface area contributed by atoms with Crippen molar-refractivity contribution < 1.29 is 17.6 Å². The normalized spacial score (nSPS) is 17.5. The van der Waals surface area contributed by atoms with E-state index in [2.05, 4.69) is 15.6 Å². The first kappa shape index (κ1) is 23.3. The molecular weight excluding hydrogens is 416 g/mol. The molecule has 31 heavy (non-hydrogen) atoms. The second-order valence-electron chi connectivity index (χ2n) is 7.67. The van der Waals surface area contributed by atoms with Gasteiger partial charge >= 0.3 is 0 Å². The lowest BCUT2D eigenvalue weighted by molar-refractivity contribution is 0.0104. The first-order chi connectivity index (χ1) is 15.0. The first-order valence-corrected chi connectivity index (χ1v) is 12.3. The SMILES string of the molecule is NS(=O)(=O)c1ccc(CN=C(NCCCC2CCCCO2)NCCc2ccco2)cc1. The Kier molecular flexibility index (Phi) is 8.93. The van der Waals surface area contributed by atoms with Gasteiger partial charge in [0.2, 0.25) is 10.0 Å². The third kappa shape index (κ3) is 8.35. The molecule has 0 bridgehead atoms. The fourth-order valence-electron chi connectivity index (χ4n) is 3.46. The van der Waals surface area contributed by atoms with E-state index >= 15 is 0 Å². The zero-order valence-corrected chi connectivity index (χ0v) is 18.6. The third-order valence-electron chi connectivity index (χ3n) is 5.18. The van der Waals surface area contributed by atoms with Crippen LogP contribution in [0, 0.1) is 0 Å². The molecule has 0 aliphatic carbocycles. The highest BCUT2D eigenvalue weighted by Crippen LogP contribution is 2.16. The highest BCUT2D eigenvalue weighted by molar-refractivity contribution is 7.89. The van der Waals surface area contributed by atoms with Gasteiger partial charge in [0.05, 0.1) is 23.8 Å². The van der Waals surface area contributed by atoms with Crippen LogP contribution in [-0.2, 0) is 27.7 Å². The number of hydrogen-bond acceptors (Lipinski definition) is 5. The Balaban J connectivity index is 1.51. The van der Waals surface area contributed by atoms with Gasteiger partial charge in [-0.1, -0.05) is 12.1 Å². The number of furan rings is 1. The second kappa shape index (κ2) is 11.9. The molecule has 2 aromatic rings. The summed E-state index contributed by atoms with van der Waals surface area (Å²) in [7, 11) is -3.69. The van der Waals surface area contributed by atoms with Gasteiger partial charge in [0.25, 0.3) is 0 Å². The number of nitrogens with two attached hydrogens (primary N) is 1. The maximum absolute atomic E-state index is 11.4. The number of sulfonamides is 1. The molecule has 0 saturated carbocycles. The van der Waals surface area contributed by atoms with Crippen LogP contribution < -0.4 is 15.8 Å². The van der Waals surface area contributed by atoms with E-state index in [1.165, 1.54) is 25.0 Å². The molecule has 3 rings (SSSR count). The van der Waals surface area contributed by atoms with Crippen molar-refractivity contribution in [1.29, 1.82) is 0 Å². The van der Waals surface area contributed by atoms with Crippen molar-refractivity contribution in [3.63, 3.8) is 0 Å². The number of nitrogens with zero attached hydrogens (tertiary/aromatic N) is 1. The quantitative estimate of drug-likeness (QED) is 0.292. The summed E-state index contributed by atoms with van der Waals surface area (Å²) in [6, 6.07) is 10.3. The molecule has 0 radical (unpaired) electrons. The van der Waals surface area contributed by atoms with E-state index in [0.29, 0.717) is 25.2 Å². The molecule has 1 aliphatic heterocycles. The predicted octanol–water partition coefficient (Wildman–Crippen LogP) is 2.55. The van der Waals surface area contributed by atoms with Crippen molar-refractivity contribution in [2.45, 2.75) is 56.1 Å². The third-order valence-corrected chi connectivity index (χ3v) is 6.11. The minimum atomic E-state index is -3.69. The molecule has 0 amide bonds. The van der Waals surface area contributed by atoms with Gasteiger partial charge in [-0.25, -0.2) is 18.5 Å². The molecule has 170 valence electrons. The highest BCUT2D eigenvalue weighted by Gasteiger charge is 2.13. The Morgan fingerprint density at radius 1 is 1.13 bits per heavy atom. The molecule has 9 heteroatoms. The summed E-state index contributed by atoms with van der Waals surface area (Å²) < 4.78 is 34.0. The summed E-state index contributed by atoms with van der Waals surface area (Å²) in [4.78, 5) is 4.74. The largest absolute Gasteiger partial charge is 0.469 e. The number of hydrogen-bond donors (Lipinski definition) is 3. The Morgan fingerprint density at radius 2 is 1.94 bits per heavy atom. The van der Waals surface area contributed by atoms with Crippen molar-refractivity contribution in [1.82, 2.24) is 10.6 Å². The first-order valence-electron chi connectivity index (χ1n) is 10.8. The second-order valence-corrected chi connectivity index (χ2v) is 9.23. The Bertz CT molecular complexity index is 905. The monoisotopic (exact) mass is 448 g/mol. The molecule has 1 fully saturated rings. The fourth-order valence-corrected chi connectivity index (χ4v) is 3.98. The number of aliphatic imine (C=N–C) groups is 1. The van der Waals surface area contributed by atoms with E-state index in [4.69, 9.17) is 14.3 Å². The van der Waals surface area contributed by atoms with E-state index in [1.807, 2.05) is 12.1 Å². The maximum atomic E-state index is 11.4. The van der Waals surface area contributed by atoms with E-state index in [1.54, 1.807) is 18.4 Å². The van der Waals surface area contributed by atoms with Gasteiger partial charge < -0.3 is 19.8 Å². The molecule has 4 N–H and O–H groups in total. The highest BCUT2D eigenvalue weighted by atomic mass is 32.2. The van der Waals surface area contributed by atoms with Gasteiger partial charge in [0.1, 0.15) is 5.76 Å². The van der Waals surface area contributed by atoms with Gasteiger partial charge in [0, 0.05) is 26.1 Å². The van der Waals surface area contributed by atoms with Crippen LogP contribution >= 0.6 is 0 Å². The zero-order chi connectivity index (χ0) is 21.9. The standard InChI is InChI=1S/C22H32N4O4S/c23-31(27,28)21-10-8-18(9-11-21)17-26-22(25-14-12-20-7-4-16-30-20)24-13-3-6-19-5-1-2-15-29-19/h4,7-11,16,19H,1-3,5-6,12-15,17H2,(H2,23,27,28)(H2,24,25,26). The lowest BCUT2D eigenvalue weighted by atomic mass is 10.0. The van der Waals surface area contributed by atoms with Crippen molar-refractivity contribution in [3.8, 4) is 0 Å². The van der Waals surface area contributed by atoms with Crippen LogP contribution in [0.2, 0.25) is 0 Å². The maximum Gasteiger partial charge on any atom is 0.238 e. The fraction of sp³-hybridized carbons (Fsp3) is 0.500. The molecule has 1 atom stereocenters. The topological polar surface area (TPSA) is 119 Å². The molecule has 2 heterocycles. The Hall–Kier alpha value is -2.36. The molecule has 1 unspecified atom stereocenters. The summed E-state index contributed by atoms with van der Waals surface area (Å²) in [5, 5.41) is 11.9. The summed E-state index contributed by atoms with van der Waals surface area (Å²) in [5.74, 6) is 1.63. The number of nitrogens with one attached hydrogen (secondary N) is 2. The van der Waals surface area contributed by atoms with Crippen LogP contribution in [0.3, 0.4) is 0 Å². The van der Waals surface area contributed by atoms with Gasteiger partial charge in [-0.15, -0.1) is 0 Å². The van der Waals surface area contributed by atoms with Gasteiger partial charge in [0.15, 0.2) is 5.96 Å². The minimum absolute atomic E-state index is 0.0973. The molecular formula is C22H32N4O4S. The number of ether oxygens (including phenoxy) is 1. The number of guanidine groups is 1. The molecule has 1 aromatic carbocycles. The number of rotatable bonds is 10. The minimum Gasteiger partial charge on any atom is -0.469 e. The average Bonchev–Trinajstić information content (AvgIpc) is 3.28. The number of benzene rings is 1. The van der Waals surface area contributed by atoms with Crippen molar-refractivity contribution >= 4 is 16.0 Å². The van der Waals surface area contributed by atoms with Gasteiger partial charge in [-0.3, -0.25) is 0 Å². The van der Waals surface area contributed by atoms with Crippen molar-refractivity contribution in [3.05, 3.63) is 54.0 Å². The molecule has 1 saturated heterocycles. The average molecular weight is 449 g/mol. The van der Waals surface area contributed by atoms with Crippen LogP contribution in [0.1, 0.15) is 43.4 Å². The van der Waals surface area contributed by atoms with Crippen LogP contribution in [0.4, 0.5) is 0 Å². The molecule has 8 nitrogen and oxygen atoms in total. The zero-order valence-electron chi connectivity index (χ0n) is 17.8. The van der Waals surface area contributed by atoms with E-state index in [9.17, 15) is 8.42 Å². The van der Waals surface area contributed by atoms with E-state index in [-0.39, 0.29) is 4.90 Å². The predicted molar refractivity (Wildman–Crippen MR) is 120 cm³/mol. The molecule has 1 aliphatic rings. The number of primary sulfonamides is 1. The van der Waals surface area contributed by atoms with E-state index < -0.39 is 10.0 Å². The van der Waals surface area contributed by atoms with Crippen molar-refractivity contribution in [2.75, 3.05) is 19.7 Å². The molecule has 1 aromatic heterocycles. The molecule has 0 spiro atoms. The summed E-state index contributed by atoms with van der Waals surface area (Å²) in [6.07, 6.45) is 8.42. The van der Waals surface area contributed by atoms with E-state index in [0.717, 1.165) is 50.2 Å². The van der Waals surface area contributed by atoms with Crippen LogP contribution in [0.15, 0.2) is 57.0 Å². The Morgan fingerprint density at radius 3 is 2.61 bits per heavy atom. The lowest BCUT2D eigenvalue weighted by Gasteiger charge is -2.22. The lowest BCUT2D eigenvalue weighted by Crippen LogP contribution is -2.39. The van der Waals surface area contributed by atoms with Gasteiger partial charge in [-0.2, -0.15) is 0 Å². The summed E-state index contributed by atoms with van der Waals surface area (Å²) >= 11 is 0. The van der Waals surface area contributed by atoms with Crippen LogP contribution in [-0.4, -0.2) is 40.2 Å². The summed E-state index contributed by atoms with van der Waals surface area (Å²) in [6.45, 7) is 2.79.